The fourth-order valence-electron chi connectivity index (χ4n) is 1.82. The number of para-hydroxylation sites is 1. The third-order valence-corrected chi connectivity index (χ3v) is 2.67. The van der Waals surface area contributed by atoms with Crippen molar-refractivity contribution in [3.05, 3.63) is 29.6 Å². The first kappa shape index (κ1) is 11.9. The van der Waals surface area contributed by atoms with E-state index in [0.717, 1.165) is 5.56 Å². The summed E-state index contributed by atoms with van der Waals surface area (Å²) in [6.45, 7) is 0.264. The van der Waals surface area contributed by atoms with Crippen LogP contribution in [0, 0.1) is 0 Å². The lowest BCUT2D eigenvalue weighted by atomic mass is 10.2. The Kier molecular flexibility index (Phi) is 2.82. The fourth-order valence-corrected chi connectivity index (χ4v) is 1.82. The van der Waals surface area contributed by atoms with Gasteiger partial charge in [0.05, 0.1) is 11.0 Å². The molecule has 1 heterocycles. The molecule has 0 radical (unpaired) electrons. The molecular formula is C11H12F3N3. The number of fused-ring (bicyclic) bond motifs is 1. The predicted molar refractivity (Wildman–Crippen MR) is 58.4 cm³/mol. The zero-order valence-corrected chi connectivity index (χ0v) is 9.25. The Hall–Kier alpha value is -1.56. The smallest absolute Gasteiger partial charge is 0.331 e. The van der Waals surface area contributed by atoms with Crippen LogP contribution < -0.4 is 5.73 Å². The number of halogens is 3. The molecule has 92 valence electrons. The highest BCUT2D eigenvalue weighted by Gasteiger charge is 2.30. The van der Waals surface area contributed by atoms with Gasteiger partial charge < -0.3 is 10.3 Å². The van der Waals surface area contributed by atoms with Gasteiger partial charge in [0.1, 0.15) is 12.2 Å². The lowest BCUT2D eigenvalue weighted by Gasteiger charge is -2.05. The Morgan fingerprint density at radius 3 is 2.65 bits per heavy atom. The van der Waals surface area contributed by atoms with Crippen LogP contribution in [0.4, 0.5) is 13.2 Å². The number of nitrogens with two attached hydrogens (primary N) is 1. The van der Waals surface area contributed by atoms with Gasteiger partial charge in [0.15, 0.2) is 0 Å². The third-order valence-electron chi connectivity index (χ3n) is 2.67. The number of hydrogen-bond acceptors (Lipinski definition) is 2. The van der Waals surface area contributed by atoms with Crippen LogP contribution in [0.15, 0.2) is 18.2 Å². The number of alkyl halides is 3. The van der Waals surface area contributed by atoms with Crippen LogP contribution in [-0.4, -0.2) is 15.7 Å². The maximum Gasteiger partial charge on any atom is 0.396 e. The van der Waals surface area contributed by atoms with Crippen molar-refractivity contribution in [3.8, 4) is 0 Å². The molecule has 0 spiro atoms. The highest BCUT2D eigenvalue weighted by Crippen LogP contribution is 2.24. The van der Waals surface area contributed by atoms with Crippen LogP contribution in [0.1, 0.15) is 11.4 Å². The Labute approximate surface area is 96.0 Å². The van der Waals surface area contributed by atoms with E-state index in [4.69, 9.17) is 5.73 Å². The van der Waals surface area contributed by atoms with Gasteiger partial charge in [-0.05, 0) is 11.6 Å². The lowest BCUT2D eigenvalue weighted by molar-refractivity contribution is -0.128. The minimum Gasteiger partial charge on any atom is -0.331 e. The maximum absolute atomic E-state index is 12.4. The quantitative estimate of drug-likeness (QED) is 0.878. The molecule has 0 aliphatic heterocycles. The largest absolute Gasteiger partial charge is 0.396 e. The van der Waals surface area contributed by atoms with Crippen molar-refractivity contribution in [2.45, 2.75) is 19.1 Å². The molecule has 0 unspecified atom stereocenters. The lowest BCUT2D eigenvalue weighted by Crippen LogP contribution is -2.15. The SMILES string of the molecule is Cn1c(CC(F)(F)F)nc2c(CN)cccc21. The molecule has 0 amide bonds. The molecule has 0 saturated heterocycles. The van der Waals surface area contributed by atoms with Crippen molar-refractivity contribution >= 4 is 11.0 Å². The van der Waals surface area contributed by atoms with Gasteiger partial charge in [-0.3, -0.25) is 0 Å². The number of rotatable bonds is 2. The van der Waals surface area contributed by atoms with E-state index in [2.05, 4.69) is 4.98 Å². The Bertz CT molecular complexity index is 543. The van der Waals surface area contributed by atoms with Crippen LogP contribution in [0.25, 0.3) is 11.0 Å². The summed E-state index contributed by atoms with van der Waals surface area (Å²) in [6.07, 6.45) is -5.28. The van der Waals surface area contributed by atoms with Gasteiger partial charge in [-0.15, -0.1) is 0 Å². The van der Waals surface area contributed by atoms with E-state index in [1.54, 1.807) is 25.2 Å². The molecule has 2 aromatic rings. The summed E-state index contributed by atoms with van der Waals surface area (Å²) < 4.78 is 38.5. The molecule has 17 heavy (non-hydrogen) atoms. The van der Waals surface area contributed by atoms with Gasteiger partial charge >= 0.3 is 6.18 Å². The van der Waals surface area contributed by atoms with Crippen LogP contribution in [-0.2, 0) is 20.0 Å². The Morgan fingerprint density at radius 1 is 1.35 bits per heavy atom. The number of benzene rings is 1. The van der Waals surface area contributed by atoms with Crippen molar-refractivity contribution in [1.29, 1.82) is 0 Å². The summed E-state index contributed by atoms with van der Waals surface area (Å²) in [7, 11) is 1.58. The Balaban J connectivity index is 2.56. The van der Waals surface area contributed by atoms with E-state index < -0.39 is 12.6 Å². The third kappa shape index (κ3) is 2.26. The van der Waals surface area contributed by atoms with Gasteiger partial charge in [-0.25, -0.2) is 4.98 Å². The van der Waals surface area contributed by atoms with Gasteiger partial charge in [0.2, 0.25) is 0 Å². The first-order valence-electron chi connectivity index (χ1n) is 5.12. The molecule has 0 fully saturated rings. The molecule has 0 aliphatic carbocycles. The van der Waals surface area contributed by atoms with Crippen LogP contribution in [0.2, 0.25) is 0 Å². The van der Waals surface area contributed by atoms with Crippen molar-refractivity contribution in [2.75, 3.05) is 0 Å². The normalized spacial score (nSPS) is 12.3. The predicted octanol–water partition coefficient (Wildman–Crippen LogP) is 2.14. The second kappa shape index (κ2) is 4.03. The zero-order chi connectivity index (χ0) is 12.6. The van der Waals surface area contributed by atoms with Crippen molar-refractivity contribution in [1.82, 2.24) is 9.55 Å². The first-order chi connectivity index (χ1) is 7.92. The van der Waals surface area contributed by atoms with E-state index in [1.807, 2.05) is 0 Å². The molecule has 0 atom stereocenters. The highest BCUT2D eigenvalue weighted by atomic mass is 19.4. The minimum atomic E-state index is -4.25. The van der Waals surface area contributed by atoms with Gasteiger partial charge in [0.25, 0.3) is 0 Å². The van der Waals surface area contributed by atoms with Crippen molar-refractivity contribution < 1.29 is 13.2 Å². The summed E-state index contributed by atoms with van der Waals surface area (Å²) in [4.78, 5) is 4.03. The molecule has 2 N–H and O–H groups in total. The Morgan fingerprint density at radius 2 is 2.06 bits per heavy atom. The van der Waals surface area contributed by atoms with Gasteiger partial charge in [0, 0.05) is 13.6 Å². The second-order valence-corrected chi connectivity index (χ2v) is 3.87. The first-order valence-corrected chi connectivity index (χ1v) is 5.12. The molecule has 0 aliphatic rings. The number of aryl methyl sites for hydroxylation is 1. The molecule has 1 aromatic carbocycles. The summed E-state index contributed by atoms with van der Waals surface area (Å²) in [5.41, 5.74) is 7.51. The molecule has 0 bridgehead atoms. The second-order valence-electron chi connectivity index (χ2n) is 3.87. The number of nitrogens with zero attached hydrogens (tertiary/aromatic N) is 2. The number of hydrogen-bond donors (Lipinski definition) is 1. The zero-order valence-electron chi connectivity index (χ0n) is 9.25. The maximum atomic E-state index is 12.4. The summed E-state index contributed by atoms with van der Waals surface area (Å²) in [5.74, 6) is 0.00778. The van der Waals surface area contributed by atoms with Crippen LogP contribution >= 0.6 is 0 Å². The molecule has 2 rings (SSSR count). The molecule has 3 nitrogen and oxygen atoms in total. The van der Waals surface area contributed by atoms with E-state index in [1.165, 1.54) is 4.57 Å². The highest BCUT2D eigenvalue weighted by molar-refractivity contribution is 5.79. The fraction of sp³-hybridized carbons (Fsp3) is 0.364. The molecule has 1 aromatic heterocycles. The summed E-state index contributed by atoms with van der Waals surface area (Å²) in [6, 6.07) is 5.28. The monoisotopic (exact) mass is 243 g/mol. The molecule has 6 heteroatoms. The summed E-state index contributed by atoms with van der Waals surface area (Å²) >= 11 is 0. The van der Waals surface area contributed by atoms with E-state index in [-0.39, 0.29) is 12.4 Å². The number of imidazole rings is 1. The van der Waals surface area contributed by atoms with Gasteiger partial charge in [-0.1, -0.05) is 12.1 Å². The van der Waals surface area contributed by atoms with Crippen molar-refractivity contribution in [3.63, 3.8) is 0 Å². The molecule has 0 saturated carbocycles. The summed E-state index contributed by atoms with van der Waals surface area (Å²) in [5, 5.41) is 0. The van der Waals surface area contributed by atoms with Crippen LogP contribution in [0.3, 0.4) is 0 Å². The topological polar surface area (TPSA) is 43.8 Å². The van der Waals surface area contributed by atoms with E-state index in [9.17, 15) is 13.2 Å². The van der Waals surface area contributed by atoms with E-state index in [0.29, 0.717) is 11.0 Å². The van der Waals surface area contributed by atoms with Crippen LogP contribution in [0.5, 0.6) is 0 Å². The van der Waals surface area contributed by atoms with Gasteiger partial charge in [-0.2, -0.15) is 13.2 Å². The average molecular weight is 243 g/mol. The standard InChI is InChI=1S/C11H12F3N3/c1-17-8-4-2-3-7(6-15)10(8)16-9(17)5-11(12,13)14/h2-4H,5-6,15H2,1H3. The molecular weight excluding hydrogens is 231 g/mol. The average Bonchev–Trinajstić information content (AvgIpc) is 2.54. The number of aromatic nitrogens is 2. The van der Waals surface area contributed by atoms with E-state index >= 15 is 0 Å². The minimum absolute atomic E-state index is 0.00778. The van der Waals surface area contributed by atoms with Crippen molar-refractivity contribution in [2.24, 2.45) is 12.8 Å².